The van der Waals surface area contributed by atoms with E-state index in [0.29, 0.717) is 12.0 Å². The summed E-state index contributed by atoms with van der Waals surface area (Å²) in [7, 11) is 0. The first-order valence-electron chi connectivity index (χ1n) is 5.71. The van der Waals surface area contributed by atoms with E-state index in [-0.39, 0.29) is 5.54 Å². The molecule has 1 spiro atoms. The molecular weight excluding hydrogens is 184 g/mol. The molecule has 1 aromatic rings. The fraction of sp³-hybridized carbons (Fsp3) is 0.538. The molecule has 15 heavy (non-hydrogen) atoms. The Kier molecular flexibility index (Phi) is 1.77. The van der Waals surface area contributed by atoms with E-state index < -0.39 is 0 Å². The average Bonchev–Trinajstić information content (AvgIpc) is 2.54. The van der Waals surface area contributed by atoms with E-state index in [0.717, 1.165) is 12.8 Å². The van der Waals surface area contributed by atoms with Crippen LogP contribution in [0.15, 0.2) is 24.3 Å². The molecule has 0 bridgehead atoms. The van der Waals surface area contributed by atoms with E-state index in [4.69, 9.17) is 11.5 Å². The summed E-state index contributed by atoms with van der Waals surface area (Å²) in [4.78, 5) is 0. The molecular formula is C13H18N2. The Labute approximate surface area is 90.7 Å². The van der Waals surface area contributed by atoms with Gasteiger partial charge in [0.15, 0.2) is 0 Å². The SMILES string of the molecule is NCC1(N)CC2(Cc3ccccc3C2)C1. The van der Waals surface area contributed by atoms with Gasteiger partial charge in [-0.15, -0.1) is 0 Å². The van der Waals surface area contributed by atoms with Crippen molar-refractivity contribution in [1.82, 2.24) is 0 Å². The van der Waals surface area contributed by atoms with E-state index in [1.54, 1.807) is 0 Å². The van der Waals surface area contributed by atoms with Crippen molar-refractivity contribution in [3.63, 3.8) is 0 Å². The summed E-state index contributed by atoms with van der Waals surface area (Å²) < 4.78 is 0. The van der Waals surface area contributed by atoms with Crippen molar-refractivity contribution in [1.29, 1.82) is 0 Å². The standard InChI is InChI=1S/C13H18N2/c14-9-13(15)7-12(8-13)5-10-3-1-2-4-11(10)6-12/h1-4H,5-9,14-15H2. The predicted molar refractivity (Wildman–Crippen MR) is 61.5 cm³/mol. The van der Waals surface area contributed by atoms with Gasteiger partial charge < -0.3 is 11.5 Å². The number of benzene rings is 1. The van der Waals surface area contributed by atoms with Crippen LogP contribution in [0.2, 0.25) is 0 Å². The Bertz CT molecular complexity index is 364. The van der Waals surface area contributed by atoms with Gasteiger partial charge in [-0.2, -0.15) is 0 Å². The summed E-state index contributed by atoms with van der Waals surface area (Å²) in [5.74, 6) is 0. The molecule has 0 unspecified atom stereocenters. The summed E-state index contributed by atoms with van der Waals surface area (Å²) in [6.07, 6.45) is 4.63. The summed E-state index contributed by atoms with van der Waals surface area (Å²) in [6.45, 7) is 0.630. The van der Waals surface area contributed by atoms with Crippen LogP contribution in [-0.4, -0.2) is 12.1 Å². The lowest BCUT2D eigenvalue weighted by molar-refractivity contribution is 0.0431. The van der Waals surface area contributed by atoms with Crippen molar-refractivity contribution in [2.24, 2.45) is 16.9 Å². The second-order valence-corrected chi connectivity index (χ2v) is 5.54. The molecule has 0 heterocycles. The molecule has 80 valence electrons. The van der Waals surface area contributed by atoms with E-state index in [1.807, 2.05) is 0 Å². The molecule has 2 aliphatic rings. The number of rotatable bonds is 1. The van der Waals surface area contributed by atoms with Gasteiger partial charge in [0.2, 0.25) is 0 Å². The van der Waals surface area contributed by atoms with E-state index in [1.165, 1.54) is 24.0 Å². The van der Waals surface area contributed by atoms with Crippen LogP contribution in [0.1, 0.15) is 24.0 Å². The van der Waals surface area contributed by atoms with Crippen LogP contribution in [0.5, 0.6) is 0 Å². The van der Waals surface area contributed by atoms with E-state index in [2.05, 4.69) is 24.3 Å². The lowest BCUT2D eigenvalue weighted by Gasteiger charge is -2.52. The Hall–Kier alpha value is -0.860. The zero-order chi connectivity index (χ0) is 10.5. The van der Waals surface area contributed by atoms with Crippen LogP contribution in [0, 0.1) is 5.41 Å². The van der Waals surface area contributed by atoms with Crippen LogP contribution in [0.3, 0.4) is 0 Å². The van der Waals surface area contributed by atoms with Crippen LogP contribution >= 0.6 is 0 Å². The Morgan fingerprint density at radius 3 is 2.07 bits per heavy atom. The third-order valence-electron chi connectivity index (χ3n) is 4.11. The highest BCUT2D eigenvalue weighted by Gasteiger charge is 2.53. The van der Waals surface area contributed by atoms with Crippen molar-refractivity contribution in [2.75, 3.05) is 6.54 Å². The molecule has 2 aliphatic carbocycles. The zero-order valence-electron chi connectivity index (χ0n) is 9.00. The molecule has 1 aromatic carbocycles. The van der Waals surface area contributed by atoms with Gasteiger partial charge >= 0.3 is 0 Å². The van der Waals surface area contributed by atoms with Gasteiger partial charge in [-0.25, -0.2) is 0 Å². The number of fused-ring (bicyclic) bond motifs is 1. The molecule has 0 saturated heterocycles. The molecule has 4 N–H and O–H groups in total. The largest absolute Gasteiger partial charge is 0.329 e. The fourth-order valence-corrected chi connectivity index (χ4v) is 3.61. The molecule has 2 nitrogen and oxygen atoms in total. The molecule has 0 aromatic heterocycles. The maximum atomic E-state index is 6.17. The third kappa shape index (κ3) is 1.32. The van der Waals surface area contributed by atoms with Crippen LogP contribution in [-0.2, 0) is 12.8 Å². The Balaban J connectivity index is 1.81. The molecule has 3 rings (SSSR count). The van der Waals surface area contributed by atoms with Crippen molar-refractivity contribution >= 4 is 0 Å². The first-order chi connectivity index (χ1) is 7.15. The van der Waals surface area contributed by atoms with Crippen LogP contribution < -0.4 is 11.5 Å². The minimum absolute atomic E-state index is 0.0674. The molecule has 2 heteroatoms. The van der Waals surface area contributed by atoms with Crippen LogP contribution in [0.4, 0.5) is 0 Å². The van der Waals surface area contributed by atoms with Gasteiger partial charge in [-0.3, -0.25) is 0 Å². The van der Waals surface area contributed by atoms with Gasteiger partial charge in [0, 0.05) is 12.1 Å². The van der Waals surface area contributed by atoms with Crippen molar-refractivity contribution in [2.45, 2.75) is 31.2 Å². The van der Waals surface area contributed by atoms with Crippen molar-refractivity contribution < 1.29 is 0 Å². The smallest absolute Gasteiger partial charge is 0.0289 e. The van der Waals surface area contributed by atoms with Crippen LogP contribution in [0.25, 0.3) is 0 Å². The number of hydrogen-bond donors (Lipinski definition) is 2. The maximum absolute atomic E-state index is 6.17. The minimum Gasteiger partial charge on any atom is -0.329 e. The van der Waals surface area contributed by atoms with Gasteiger partial charge in [0.1, 0.15) is 0 Å². The van der Waals surface area contributed by atoms with Gasteiger partial charge in [-0.05, 0) is 42.2 Å². The van der Waals surface area contributed by atoms with E-state index in [9.17, 15) is 0 Å². The normalized spacial score (nSPS) is 24.9. The first-order valence-corrected chi connectivity index (χ1v) is 5.71. The summed E-state index contributed by atoms with van der Waals surface area (Å²) in [5.41, 5.74) is 15.3. The molecule has 0 aliphatic heterocycles. The van der Waals surface area contributed by atoms with Gasteiger partial charge in [0.25, 0.3) is 0 Å². The highest BCUT2D eigenvalue weighted by molar-refractivity contribution is 5.36. The second kappa shape index (κ2) is 2.83. The Morgan fingerprint density at radius 2 is 1.60 bits per heavy atom. The lowest BCUT2D eigenvalue weighted by atomic mass is 9.56. The number of hydrogen-bond acceptors (Lipinski definition) is 2. The lowest BCUT2D eigenvalue weighted by Crippen LogP contribution is -2.62. The Morgan fingerprint density at radius 1 is 1.07 bits per heavy atom. The molecule has 0 atom stereocenters. The summed E-state index contributed by atoms with van der Waals surface area (Å²) >= 11 is 0. The van der Waals surface area contributed by atoms with E-state index >= 15 is 0 Å². The fourth-order valence-electron chi connectivity index (χ4n) is 3.61. The van der Waals surface area contributed by atoms with Crippen molar-refractivity contribution in [3.05, 3.63) is 35.4 Å². The predicted octanol–water partition coefficient (Wildman–Crippen LogP) is 1.22. The summed E-state index contributed by atoms with van der Waals surface area (Å²) in [6, 6.07) is 8.77. The van der Waals surface area contributed by atoms with Crippen molar-refractivity contribution in [3.8, 4) is 0 Å². The molecule has 1 fully saturated rings. The monoisotopic (exact) mass is 202 g/mol. The summed E-state index contributed by atoms with van der Waals surface area (Å²) in [5, 5.41) is 0. The average molecular weight is 202 g/mol. The second-order valence-electron chi connectivity index (χ2n) is 5.54. The maximum Gasteiger partial charge on any atom is 0.0289 e. The number of nitrogens with two attached hydrogens (primary N) is 2. The minimum atomic E-state index is -0.0674. The highest BCUT2D eigenvalue weighted by atomic mass is 14.9. The molecule has 0 radical (unpaired) electrons. The topological polar surface area (TPSA) is 52.0 Å². The molecule has 1 saturated carbocycles. The quantitative estimate of drug-likeness (QED) is 0.719. The molecule has 0 amide bonds. The van der Waals surface area contributed by atoms with Gasteiger partial charge in [0.05, 0.1) is 0 Å². The third-order valence-corrected chi connectivity index (χ3v) is 4.11. The van der Waals surface area contributed by atoms with Gasteiger partial charge in [-0.1, -0.05) is 24.3 Å². The highest BCUT2D eigenvalue weighted by Crippen LogP contribution is 2.54. The zero-order valence-corrected chi connectivity index (χ0v) is 9.00. The first kappa shape index (κ1) is 9.37.